The number of hydrogen-bond acceptors (Lipinski definition) is 6. The number of aryl methyl sites for hydroxylation is 1. The molecule has 2 aromatic carbocycles. The minimum atomic E-state index is -0.190. The van der Waals surface area contributed by atoms with E-state index in [2.05, 4.69) is 60.4 Å². The highest BCUT2D eigenvalue weighted by molar-refractivity contribution is 7.80. The van der Waals surface area contributed by atoms with Gasteiger partial charge in [-0.3, -0.25) is 0 Å². The van der Waals surface area contributed by atoms with Gasteiger partial charge in [0.05, 0.1) is 25.8 Å². The zero-order chi connectivity index (χ0) is 24.2. The molecule has 0 saturated heterocycles. The van der Waals surface area contributed by atoms with Gasteiger partial charge in [-0.1, -0.05) is 48.3 Å². The van der Waals surface area contributed by atoms with E-state index in [4.69, 9.17) is 31.2 Å². The second-order valence-corrected chi connectivity index (χ2v) is 8.68. The highest BCUT2D eigenvalue weighted by Gasteiger charge is 2.33. The molecular weight excluding hydrogens is 448 g/mol. The topological polar surface area (TPSA) is 72.7 Å². The first-order valence-corrected chi connectivity index (χ1v) is 11.8. The smallest absolute Gasteiger partial charge is 0.258 e. The molecule has 7 nitrogen and oxygen atoms in total. The molecule has 0 bridgehead atoms. The van der Waals surface area contributed by atoms with E-state index < -0.39 is 0 Å². The van der Waals surface area contributed by atoms with Crippen LogP contribution in [0.1, 0.15) is 49.7 Å². The summed E-state index contributed by atoms with van der Waals surface area (Å²) < 4.78 is 16.6. The number of hydrogen-bond donors (Lipinski definition) is 1. The normalized spacial score (nSPS) is 16.0. The molecule has 0 amide bonds. The van der Waals surface area contributed by atoms with Crippen molar-refractivity contribution >= 4 is 22.9 Å². The van der Waals surface area contributed by atoms with Crippen LogP contribution < -0.4 is 14.8 Å². The highest BCUT2D eigenvalue weighted by atomic mass is 32.1. The summed E-state index contributed by atoms with van der Waals surface area (Å²) in [6.45, 7) is 7.14. The molecular formula is C26H30N4O3S. The van der Waals surface area contributed by atoms with Gasteiger partial charge in [-0.05, 0) is 56.2 Å². The van der Waals surface area contributed by atoms with Gasteiger partial charge >= 0.3 is 0 Å². The lowest BCUT2D eigenvalue weighted by atomic mass is 9.94. The number of methoxy groups -OCH3 is 2. The molecule has 1 unspecified atom stereocenters. The number of nitrogens with one attached hydrogen (secondary N) is 1. The minimum Gasteiger partial charge on any atom is -0.493 e. The third-order valence-electron chi connectivity index (χ3n) is 6.04. The van der Waals surface area contributed by atoms with E-state index in [0.29, 0.717) is 28.3 Å². The number of allylic oxidation sites excluding steroid dienone is 1. The van der Waals surface area contributed by atoms with Crippen LogP contribution in [-0.4, -0.2) is 40.9 Å². The van der Waals surface area contributed by atoms with Crippen molar-refractivity contribution in [3.8, 4) is 22.9 Å². The Morgan fingerprint density at radius 1 is 1.06 bits per heavy atom. The molecule has 4 rings (SSSR count). The Balaban J connectivity index is 1.78. The summed E-state index contributed by atoms with van der Waals surface area (Å²) in [6, 6.07) is 13.8. The van der Waals surface area contributed by atoms with Gasteiger partial charge in [-0.25, -0.2) is 0 Å². The number of nitrogens with zero attached hydrogens (tertiary/aromatic N) is 3. The number of thiocarbonyl (C=S) groups is 1. The molecule has 1 aliphatic heterocycles. The van der Waals surface area contributed by atoms with E-state index in [-0.39, 0.29) is 6.04 Å². The Labute approximate surface area is 205 Å². The van der Waals surface area contributed by atoms with Gasteiger partial charge in [0.2, 0.25) is 5.82 Å². The van der Waals surface area contributed by atoms with Gasteiger partial charge in [0.1, 0.15) is 0 Å². The largest absolute Gasteiger partial charge is 0.493 e. The quantitative estimate of drug-likeness (QED) is 0.424. The summed E-state index contributed by atoms with van der Waals surface area (Å²) in [5, 5.41) is 8.50. The van der Waals surface area contributed by atoms with E-state index in [1.54, 1.807) is 14.2 Å². The maximum atomic E-state index is 5.82. The zero-order valence-corrected chi connectivity index (χ0v) is 21.0. The molecule has 0 saturated carbocycles. The van der Waals surface area contributed by atoms with Crippen LogP contribution in [0.5, 0.6) is 11.5 Å². The predicted octanol–water partition coefficient (Wildman–Crippen LogP) is 5.52. The maximum Gasteiger partial charge on any atom is 0.258 e. The average molecular weight is 479 g/mol. The average Bonchev–Trinajstić information content (AvgIpc) is 3.33. The summed E-state index contributed by atoms with van der Waals surface area (Å²) in [5.74, 6) is 2.19. The van der Waals surface area contributed by atoms with Crippen molar-refractivity contribution in [1.82, 2.24) is 20.4 Å². The Hall–Kier alpha value is -3.39. The fourth-order valence-corrected chi connectivity index (χ4v) is 4.42. The second kappa shape index (κ2) is 10.3. The van der Waals surface area contributed by atoms with Crippen molar-refractivity contribution in [3.05, 3.63) is 65.2 Å². The number of unbranched alkanes of at least 4 members (excludes halogenated alkanes) is 1. The molecule has 1 atom stereocenters. The number of rotatable bonds is 8. The first kappa shape index (κ1) is 23.8. The van der Waals surface area contributed by atoms with Crippen LogP contribution >= 0.6 is 12.2 Å². The van der Waals surface area contributed by atoms with E-state index in [1.165, 1.54) is 5.56 Å². The Morgan fingerprint density at radius 3 is 2.47 bits per heavy atom. The first-order valence-electron chi connectivity index (χ1n) is 11.4. The van der Waals surface area contributed by atoms with Crippen LogP contribution in [0.2, 0.25) is 0 Å². The van der Waals surface area contributed by atoms with Gasteiger partial charge in [-0.2, -0.15) is 4.98 Å². The molecule has 0 fully saturated rings. The van der Waals surface area contributed by atoms with Crippen LogP contribution in [0.15, 0.2) is 52.7 Å². The Bertz CT molecular complexity index is 1200. The van der Waals surface area contributed by atoms with Crippen molar-refractivity contribution in [2.45, 2.75) is 39.7 Å². The van der Waals surface area contributed by atoms with E-state index >= 15 is 0 Å². The Morgan fingerprint density at radius 2 is 1.79 bits per heavy atom. The second-order valence-electron chi connectivity index (χ2n) is 8.29. The molecule has 0 spiro atoms. The van der Waals surface area contributed by atoms with Crippen LogP contribution in [0.3, 0.4) is 0 Å². The monoisotopic (exact) mass is 478 g/mol. The maximum absolute atomic E-state index is 5.82. The summed E-state index contributed by atoms with van der Waals surface area (Å²) in [6.07, 6.45) is 2.11. The van der Waals surface area contributed by atoms with Crippen LogP contribution in [0.4, 0.5) is 0 Å². The molecule has 1 aliphatic rings. The highest BCUT2D eigenvalue weighted by Crippen LogP contribution is 2.38. The fraction of sp³-hybridized carbons (Fsp3) is 0.346. The van der Waals surface area contributed by atoms with Gasteiger partial charge in [-0.15, -0.1) is 0 Å². The predicted molar refractivity (Wildman–Crippen MR) is 137 cm³/mol. The van der Waals surface area contributed by atoms with Gasteiger partial charge < -0.3 is 24.2 Å². The van der Waals surface area contributed by atoms with E-state index in [0.717, 1.165) is 41.8 Å². The van der Waals surface area contributed by atoms with Gasteiger partial charge in [0.15, 0.2) is 16.6 Å². The summed E-state index contributed by atoms with van der Waals surface area (Å²) in [7, 11) is 3.21. The molecule has 1 aromatic heterocycles. The number of aromatic nitrogens is 2. The molecule has 8 heteroatoms. The van der Waals surface area contributed by atoms with Crippen molar-refractivity contribution in [3.63, 3.8) is 0 Å². The summed E-state index contributed by atoms with van der Waals surface area (Å²) in [5.41, 5.74) is 5.00. The van der Waals surface area contributed by atoms with Crippen molar-refractivity contribution in [2.75, 3.05) is 20.8 Å². The standard InChI is InChI=1S/C26H30N4O3S/c1-6-7-14-30-17(3)22(23(27-26(30)34)18-10-8-16(2)9-11-18)25-28-24(29-33-25)19-12-13-20(31-4)21(15-19)32-5/h8-13,15,23H,6-7,14H2,1-5H3,(H,27,34). The fourth-order valence-electron chi connectivity index (χ4n) is 4.08. The molecule has 0 radical (unpaired) electrons. The lowest BCUT2D eigenvalue weighted by Gasteiger charge is -2.37. The Kier molecular flexibility index (Phi) is 7.17. The SMILES string of the molecule is CCCCN1C(=S)NC(c2ccc(C)cc2)C(c2nc(-c3ccc(OC)c(OC)c3)no2)=C1C. The first-order chi connectivity index (χ1) is 16.5. The van der Waals surface area contributed by atoms with Crippen molar-refractivity contribution in [1.29, 1.82) is 0 Å². The van der Waals surface area contributed by atoms with Gasteiger partial charge in [0, 0.05) is 17.8 Å². The number of ether oxygens (including phenoxy) is 2. The molecule has 0 aliphatic carbocycles. The molecule has 2 heterocycles. The van der Waals surface area contributed by atoms with Crippen LogP contribution in [-0.2, 0) is 0 Å². The van der Waals surface area contributed by atoms with Crippen LogP contribution in [0.25, 0.3) is 17.0 Å². The molecule has 3 aromatic rings. The van der Waals surface area contributed by atoms with Crippen LogP contribution in [0, 0.1) is 6.92 Å². The summed E-state index contributed by atoms with van der Waals surface area (Å²) >= 11 is 5.74. The van der Waals surface area contributed by atoms with E-state index in [1.807, 2.05) is 18.2 Å². The minimum absolute atomic E-state index is 0.190. The molecule has 1 N–H and O–H groups in total. The van der Waals surface area contributed by atoms with Crippen molar-refractivity contribution < 1.29 is 14.0 Å². The third kappa shape index (κ3) is 4.63. The van der Waals surface area contributed by atoms with Crippen molar-refractivity contribution in [2.24, 2.45) is 0 Å². The third-order valence-corrected chi connectivity index (χ3v) is 6.38. The molecule has 178 valence electrons. The zero-order valence-electron chi connectivity index (χ0n) is 20.2. The van der Waals surface area contributed by atoms with Gasteiger partial charge in [0.25, 0.3) is 5.89 Å². The lowest BCUT2D eigenvalue weighted by molar-refractivity contribution is 0.355. The molecule has 34 heavy (non-hydrogen) atoms. The van der Waals surface area contributed by atoms with E-state index in [9.17, 15) is 0 Å². The summed E-state index contributed by atoms with van der Waals surface area (Å²) in [4.78, 5) is 6.90. The number of benzene rings is 2. The lowest BCUT2D eigenvalue weighted by Crippen LogP contribution is -2.46.